The zero-order valence-corrected chi connectivity index (χ0v) is 10.3. The number of rotatable bonds is 2. The lowest BCUT2D eigenvalue weighted by molar-refractivity contribution is -0.144. The summed E-state index contributed by atoms with van der Waals surface area (Å²) in [5.41, 5.74) is 0.866. The standard InChI is InChI=1S/C13H11N3O3/c1-8-15-10-4-9(2-3-11(10)19-8)16-12(17)13(5-14)6-18-7-13/h2-4H,6-7H2,1H3,(H,16,17). The second-order valence-corrected chi connectivity index (χ2v) is 4.56. The number of fused-ring (bicyclic) bond motifs is 1. The fourth-order valence-electron chi connectivity index (χ4n) is 1.92. The van der Waals surface area contributed by atoms with E-state index in [0.717, 1.165) is 0 Å². The van der Waals surface area contributed by atoms with Crippen molar-refractivity contribution in [2.24, 2.45) is 5.41 Å². The van der Waals surface area contributed by atoms with Crippen LogP contribution in [0.1, 0.15) is 5.89 Å². The average molecular weight is 257 g/mol. The maximum Gasteiger partial charge on any atom is 0.249 e. The van der Waals surface area contributed by atoms with Crippen molar-refractivity contribution in [3.63, 3.8) is 0 Å². The minimum absolute atomic E-state index is 0.140. The first-order valence-electron chi connectivity index (χ1n) is 5.81. The molecule has 0 aliphatic carbocycles. The van der Waals surface area contributed by atoms with E-state index < -0.39 is 5.41 Å². The van der Waals surface area contributed by atoms with Crippen molar-refractivity contribution in [1.29, 1.82) is 5.26 Å². The molecule has 2 heterocycles. The normalized spacial score (nSPS) is 16.6. The number of hydrogen-bond acceptors (Lipinski definition) is 5. The van der Waals surface area contributed by atoms with E-state index in [4.69, 9.17) is 14.4 Å². The third-order valence-corrected chi connectivity index (χ3v) is 3.10. The lowest BCUT2D eigenvalue weighted by Crippen LogP contribution is -2.50. The lowest BCUT2D eigenvalue weighted by atomic mass is 9.87. The minimum Gasteiger partial charge on any atom is -0.441 e. The van der Waals surface area contributed by atoms with Gasteiger partial charge in [0.05, 0.1) is 19.3 Å². The van der Waals surface area contributed by atoms with E-state index in [1.54, 1.807) is 25.1 Å². The number of aryl methyl sites for hydroxylation is 1. The molecule has 3 rings (SSSR count). The zero-order chi connectivity index (χ0) is 13.5. The molecule has 6 heteroatoms. The highest BCUT2D eigenvalue weighted by molar-refractivity contribution is 5.99. The molecule has 0 spiro atoms. The Morgan fingerprint density at radius 1 is 1.53 bits per heavy atom. The van der Waals surface area contributed by atoms with Crippen LogP contribution in [-0.4, -0.2) is 24.1 Å². The van der Waals surface area contributed by atoms with Crippen molar-refractivity contribution in [2.45, 2.75) is 6.92 Å². The van der Waals surface area contributed by atoms with E-state index in [-0.39, 0.29) is 19.1 Å². The quantitative estimate of drug-likeness (QED) is 0.883. The predicted molar refractivity (Wildman–Crippen MR) is 66.2 cm³/mol. The number of carbonyl (C=O) groups is 1. The van der Waals surface area contributed by atoms with E-state index in [1.165, 1.54) is 0 Å². The molecule has 96 valence electrons. The summed E-state index contributed by atoms with van der Waals surface area (Å²) >= 11 is 0. The van der Waals surface area contributed by atoms with Gasteiger partial charge in [0.1, 0.15) is 5.52 Å². The molecule has 1 aromatic carbocycles. The summed E-state index contributed by atoms with van der Waals surface area (Å²) in [5.74, 6) is 0.222. The monoisotopic (exact) mass is 257 g/mol. The molecule has 0 unspecified atom stereocenters. The van der Waals surface area contributed by atoms with Gasteiger partial charge in [-0.15, -0.1) is 0 Å². The first-order valence-corrected chi connectivity index (χ1v) is 5.81. The molecule has 19 heavy (non-hydrogen) atoms. The van der Waals surface area contributed by atoms with Crippen molar-refractivity contribution in [1.82, 2.24) is 4.98 Å². The van der Waals surface area contributed by atoms with Gasteiger partial charge in [-0.25, -0.2) is 4.98 Å². The summed E-state index contributed by atoms with van der Waals surface area (Å²) in [5, 5.41) is 11.8. The van der Waals surface area contributed by atoms with Gasteiger partial charge < -0.3 is 14.5 Å². The number of nitrogens with one attached hydrogen (secondary N) is 1. The van der Waals surface area contributed by atoms with Gasteiger partial charge in [-0.3, -0.25) is 4.79 Å². The van der Waals surface area contributed by atoms with Crippen LogP contribution < -0.4 is 5.32 Å². The van der Waals surface area contributed by atoms with Crippen molar-refractivity contribution in [3.05, 3.63) is 24.1 Å². The molecule has 0 atom stereocenters. The van der Waals surface area contributed by atoms with Crippen LogP contribution in [0.15, 0.2) is 22.6 Å². The third kappa shape index (κ3) is 1.84. The van der Waals surface area contributed by atoms with E-state index in [1.807, 2.05) is 6.07 Å². The number of nitrogens with zero attached hydrogens (tertiary/aromatic N) is 2. The van der Waals surface area contributed by atoms with Crippen molar-refractivity contribution in [3.8, 4) is 6.07 Å². The number of amides is 1. The lowest BCUT2D eigenvalue weighted by Gasteiger charge is -2.33. The minimum atomic E-state index is -1.06. The SMILES string of the molecule is Cc1nc2cc(NC(=O)C3(C#N)COC3)ccc2o1. The molecular weight excluding hydrogens is 246 g/mol. The molecule has 1 aliphatic heterocycles. The van der Waals surface area contributed by atoms with Gasteiger partial charge in [-0.1, -0.05) is 0 Å². The zero-order valence-electron chi connectivity index (χ0n) is 10.3. The first kappa shape index (κ1) is 11.7. The van der Waals surface area contributed by atoms with Gasteiger partial charge in [0.2, 0.25) is 5.91 Å². The van der Waals surface area contributed by atoms with Gasteiger partial charge in [0.15, 0.2) is 16.9 Å². The molecule has 1 saturated heterocycles. The summed E-state index contributed by atoms with van der Waals surface area (Å²) in [6, 6.07) is 7.18. The molecule has 0 bridgehead atoms. The fourth-order valence-corrected chi connectivity index (χ4v) is 1.92. The van der Waals surface area contributed by atoms with E-state index in [2.05, 4.69) is 10.3 Å². The Morgan fingerprint density at radius 3 is 2.95 bits per heavy atom. The Morgan fingerprint density at radius 2 is 2.32 bits per heavy atom. The summed E-state index contributed by atoms with van der Waals surface area (Å²) in [6.07, 6.45) is 0. The molecule has 0 saturated carbocycles. The Labute approximate surface area is 109 Å². The van der Waals surface area contributed by atoms with E-state index in [0.29, 0.717) is 22.7 Å². The first-order chi connectivity index (χ1) is 9.13. The number of benzene rings is 1. The molecule has 2 aromatic rings. The number of aromatic nitrogens is 1. The second kappa shape index (κ2) is 4.07. The van der Waals surface area contributed by atoms with Crippen molar-refractivity contribution >= 4 is 22.7 Å². The number of carbonyl (C=O) groups excluding carboxylic acids is 1. The van der Waals surface area contributed by atoms with Gasteiger partial charge in [0, 0.05) is 12.6 Å². The van der Waals surface area contributed by atoms with Gasteiger partial charge in [-0.2, -0.15) is 5.26 Å². The van der Waals surface area contributed by atoms with Crippen molar-refractivity contribution in [2.75, 3.05) is 18.5 Å². The van der Waals surface area contributed by atoms with Crippen LogP contribution >= 0.6 is 0 Å². The molecule has 0 radical (unpaired) electrons. The Hall–Kier alpha value is -2.39. The highest BCUT2D eigenvalue weighted by Gasteiger charge is 2.46. The van der Waals surface area contributed by atoms with Crippen LogP contribution in [-0.2, 0) is 9.53 Å². The molecule has 1 aromatic heterocycles. The summed E-state index contributed by atoms with van der Waals surface area (Å²) in [6.45, 7) is 2.04. The molecule has 6 nitrogen and oxygen atoms in total. The average Bonchev–Trinajstić information content (AvgIpc) is 2.67. The van der Waals surface area contributed by atoms with Crippen LogP contribution in [0.2, 0.25) is 0 Å². The van der Waals surface area contributed by atoms with Crippen LogP contribution in [0.3, 0.4) is 0 Å². The molecular formula is C13H11N3O3. The maximum atomic E-state index is 12.0. The van der Waals surface area contributed by atoms with Crippen molar-refractivity contribution < 1.29 is 13.9 Å². The number of oxazole rings is 1. The van der Waals surface area contributed by atoms with Crippen LogP contribution in [0.25, 0.3) is 11.1 Å². The summed E-state index contributed by atoms with van der Waals surface area (Å²) in [4.78, 5) is 16.2. The number of hydrogen-bond donors (Lipinski definition) is 1. The predicted octanol–water partition coefficient (Wildman–Crippen LogP) is 1.61. The van der Waals surface area contributed by atoms with E-state index >= 15 is 0 Å². The third-order valence-electron chi connectivity index (χ3n) is 3.10. The maximum absolute atomic E-state index is 12.0. The Bertz CT molecular complexity index is 695. The van der Waals surface area contributed by atoms with E-state index in [9.17, 15) is 4.79 Å². The smallest absolute Gasteiger partial charge is 0.249 e. The molecule has 1 fully saturated rings. The fraction of sp³-hybridized carbons (Fsp3) is 0.308. The Balaban J connectivity index is 1.85. The number of anilines is 1. The van der Waals surface area contributed by atoms with Gasteiger partial charge in [-0.05, 0) is 18.2 Å². The number of ether oxygens (including phenoxy) is 1. The van der Waals surface area contributed by atoms with Crippen LogP contribution in [0, 0.1) is 23.7 Å². The topological polar surface area (TPSA) is 88.2 Å². The van der Waals surface area contributed by atoms with Crippen LogP contribution in [0.5, 0.6) is 0 Å². The highest BCUT2D eigenvalue weighted by Crippen LogP contribution is 2.29. The second-order valence-electron chi connectivity index (χ2n) is 4.56. The molecule has 1 amide bonds. The summed E-state index contributed by atoms with van der Waals surface area (Å²) in [7, 11) is 0. The van der Waals surface area contributed by atoms with Gasteiger partial charge >= 0.3 is 0 Å². The summed E-state index contributed by atoms with van der Waals surface area (Å²) < 4.78 is 10.3. The largest absolute Gasteiger partial charge is 0.441 e. The Kier molecular flexibility index (Phi) is 2.50. The molecule has 1 aliphatic rings. The number of nitriles is 1. The molecule has 1 N–H and O–H groups in total. The van der Waals surface area contributed by atoms with Gasteiger partial charge in [0.25, 0.3) is 0 Å². The van der Waals surface area contributed by atoms with Crippen LogP contribution in [0.4, 0.5) is 5.69 Å². The highest BCUT2D eigenvalue weighted by atomic mass is 16.5.